The molecule has 1 N–H and O–H groups in total. The van der Waals surface area contributed by atoms with Gasteiger partial charge in [-0.3, -0.25) is 0 Å². The van der Waals surface area contributed by atoms with E-state index in [-0.39, 0.29) is 6.10 Å². The first-order chi connectivity index (χ1) is 9.19. The second-order valence-corrected chi connectivity index (χ2v) is 4.65. The molecular formula is C13H22N4O2. The van der Waals surface area contributed by atoms with Gasteiger partial charge in [-0.05, 0) is 20.3 Å². The summed E-state index contributed by atoms with van der Waals surface area (Å²) in [5, 5.41) is 3.19. The molecule has 6 heteroatoms. The monoisotopic (exact) mass is 266 g/mol. The average molecular weight is 266 g/mol. The molecule has 106 valence electrons. The number of likely N-dealkylation sites (N-methyl/N-ethyl adjacent to an activating group) is 1. The fourth-order valence-corrected chi connectivity index (χ4v) is 2.48. The van der Waals surface area contributed by atoms with E-state index < -0.39 is 0 Å². The second kappa shape index (κ2) is 6.06. The van der Waals surface area contributed by atoms with Gasteiger partial charge in [-0.25, -0.2) is 9.97 Å². The molecule has 1 fully saturated rings. The molecule has 6 nitrogen and oxygen atoms in total. The number of anilines is 2. The van der Waals surface area contributed by atoms with Crippen molar-refractivity contribution in [2.45, 2.75) is 32.4 Å². The molecule has 0 bridgehead atoms. The topological polar surface area (TPSA) is 59.5 Å². The van der Waals surface area contributed by atoms with E-state index in [0.29, 0.717) is 11.8 Å². The van der Waals surface area contributed by atoms with E-state index in [0.717, 1.165) is 31.2 Å². The smallest absolute Gasteiger partial charge is 0.204 e. The predicted octanol–water partition coefficient (Wildman–Crippen LogP) is 1.53. The molecule has 0 amide bonds. The first-order valence-electron chi connectivity index (χ1n) is 6.66. The maximum atomic E-state index is 5.62. The Kier molecular flexibility index (Phi) is 4.42. The maximum Gasteiger partial charge on any atom is 0.204 e. The van der Waals surface area contributed by atoms with Crippen molar-refractivity contribution >= 4 is 11.6 Å². The van der Waals surface area contributed by atoms with E-state index in [1.807, 2.05) is 14.0 Å². The highest BCUT2D eigenvalue weighted by Crippen LogP contribution is 2.34. The van der Waals surface area contributed by atoms with Crippen LogP contribution in [0.25, 0.3) is 0 Å². The predicted molar refractivity (Wildman–Crippen MR) is 75.0 cm³/mol. The molecule has 0 aromatic carbocycles. The Hall–Kier alpha value is -1.56. The zero-order chi connectivity index (χ0) is 13.8. The number of nitrogens with zero attached hydrogens (tertiary/aromatic N) is 3. The van der Waals surface area contributed by atoms with Gasteiger partial charge in [0.1, 0.15) is 6.33 Å². The summed E-state index contributed by atoms with van der Waals surface area (Å²) in [7, 11) is 3.67. The quantitative estimate of drug-likeness (QED) is 0.872. The summed E-state index contributed by atoms with van der Waals surface area (Å²) in [5.41, 5.74) is 0. The molecule has 2 unspecified atom stereocenters. The Labute approximate surface area is 114 Å². The lowest BCUT2D eigenvalue weighted by molar-refractivity contribution is 0.118. The van der Waals surface area contributed by atoms with Crippen LogP contribution in [-0.2, 0) is 4.74 Å². The standard InChI is InChI=1S/C13H22N4O2/c1-5-14-12-11(18-4)13(16-8-15-12)17(3)10-6-7-19-9(10)2/h8-10H,5-7H2,1-4H3,(H,14,15,16). The van der Waals surface area contributed by atoms with Crippen LogP contribution < -0.4 is 15.0 Å². The van der Waals surface area contributed by atoms with Crippen LogP contribution in [0.3, 0.4) is 0 Å². The first-order valence-corrected chi connectivity index (χ1v) is 6.66. The first kappa shape index (κ1) is 13.9. The number of nitrogens with one attached hydrogen (secondary N) is 1. The molecule has 1 saturated heterocycles. The molecule has 1 aromatic heterocycles. The maximum absolute atomic E-state index is 5.62. The van der Waals surface area contributed by atoms with Crippen LogP contribution in [-0.4, -0.2) is 49.4 Å². The van der Waals surface area contributed by atoms with Gasteiger partial charge < -0.3 is 19.7 Å². The normalized spacial score (nSPS) is 22.3. The number of hydrogen-bond acceptors (Lipinski definition) is 6. The van der Waals surface area contributed by atoms with E-state index in [2.05, 4.69) is 27.1 Å². The van der Waals surface area contributed by atoms with Crippen LogP contribution in [0.1, 0.15) is 20.3 Å². The summed E-state index contributed by atoms with van der Waals surface area (Å²) in [6.07, 6.45) is 2.76. The highest BCUT2D eigenvalue weighted by atomic mass is 16.5. The fraction of sp³-hybridized carbons (Fsp3) is 0.692. The minimum atomic E-state index is 0.201. The van der Waals surface area contributed by atoms with Gasteiger partial charge in [-0.15, -0.1) is 0 Å². The van der Waals surface area contributed by atoms with Crippen molar-refractivity contribution in [3.63, 3.8) is 0 Å². The van der Waals surface area contributed by atoms with Crippen molar-refractivity contribution in [2.75, 3.05) is 37.5 Å². The van der Waals surface area contributed by atoms with E-state index in [9.17, 15) is 0 Å². The van der Waals surface area contributed by atoms with Gasteiger partial charge in [0, 0.05) is 20.2 Å². The lowest BCUT2D eigenvalue weighted by Crippen LogP contribution is -2.37. The van der Waals surface area contributed by atoms with Crippen molar-refractivity contribution in [1.82, 2.24) is 9.97 Å². The van der Waals surface area contributed by atoms with Crippen molar-refractivity contribution in [3.8, 4) is 5.75 Å². The van der Waals surface area contributed by atoms with Crippen LogP contribution in [0.4, 0.5) is 11.6 Å². The Bertz CT molecular complexity index is 427. The molecule has 0 radical (unpaired) electrons. The van der Waals surface area contributed by atoms with E-state index >= 15 is 0 Å². The number of ether oxygens (including phenoxy) is 2. The molecule has 1 aliphatic rings. The zero-order valence-electron chi connectivity index (χ0n) is 12.0. The molecule has 1 aromatic rings. The third-order valence-electron chi connectivity index (χ3n) is 3.50. The Morgan fingerprint density at radius 2 is 2.32 bits per heavy atom. The van der Waals surface area contributed by atoms with E-state index in [4.69, 9.17) is 9.47 Å². The van der Waals surface area contributed by atoms with Crippen LogP contribution in [0.15, 0.2) is 6.33 Å². The number of methoxy groups -OCH3 is 1. The van der Waals surface area contributed by atoms with Gasteiger partial charge in [0.05, 0.1) is 19.3 Å². The van der Waals surface area contributed by atoms with Crippen LogP contribution >= 0.6 is 0 Å². The summed E-state index contributed by atoms with van der Waals surface area (Å²) < 4.78 is 11.1. The molecule has 1 aliphatic heterocycles. The Balaban J connectivity index is 2.30. The molecule has 2 heterocycles. The number of hydrogen-bond donors (Lipinski definition) is 1. The minimum Gasteiger partial charge on any atom is -0.490 e. The van der Waals surface area contributed by atoms with Crippen molar-refractivity contribution in [3.05, 3.63) is 6.33 Å². The van der Waals surface area contributed by atoms with Gasteiger partial charge >= 0.3 is 0 Å². The summed E-state index contributed by atoms with van der Waals surface area (Å²) >= 11 is 0. The van der Waals surface area contributed by atoms with Crippen molar-refractivity contribution in [2.24, 2.45) is 0 Å². The Morgan fingerprint density at radius 1 is 1.53 bits per heavy atom. The van der Waals surface area contributed by atoms with Gasteiger partial charge in [-0.2, -0.15) is 0 Å². The third-order valence-corrected chi connectivity index (χ3v) is 3.50. The molecule has 2 atom stereocenters. The van der Waals surface area contributed by atoms with Crippen molar-refractivity contribution < 1.29 is 9.47 Å². The highest BCUT2D eigenvalue weighted by Gasteiger charge is 2.30. The fourth-order valence-electron chi connectivity index (χ4n) is 2.48. The van der Waals surface area contributed by atoms with Crippen LogP contribution in [0.5, 0.6) is 5.75 Å². The third kappa shape index (κ3) is 2.73. The largest absolute Gasteiger partial charge is 0.490 e. The lowest BCUT2D eigenvalue weighted by atomic mass is 10.1. The minimum absolute atomic E-state index is 0.201. The summed E-state index contributed by atoms with van der Waals surface area (Å²) in [4.78, 5) is 10.7. The SMILES string of the molecule is CCNc1ncnc(N(C)C2CCOC2C)c1OC. The van der Waals surface area contributed by atoms with Gasteiger partial charge in [-0.1, -0.05) is 0 Å². The average Bonchev–Trinajstić information content (AvgIpc) is 2.84. The van der Waals surface area contributed by atoms with E-state index in [1.165, 1.54) is 0 Å². The molecular weight excluding hydrogens is 244 g/mol. The summed E-state index contributed by atoms with van der Waals surface area (Å²) in [6.45, 7) is 5.70. The Morgan fingerprint density at radius 3 is 2.89 bits per heavy atom. The van der Waals surface area contributed by atoms with Gasteiger partial charge in [0.2, 0.25) is 5.75 Å². The number of aromatic nitrogens is 2. The molecule has 0 aliphatic carbocycles. The second-order valence-electron chi connectivity index (χ2n) is 4.65. The van der Waals surface area contributed by atoms with Crippen LogP contribution in [0, 0.1) is 0 Å². The molecule has 2 rings (SSSR count). The van der Waals surface area contributed by atoms with Crippen molar-refractivity contribution in [1.29, 1.82) is 0 Å². The van der Waals surface area contributed by atoms with Gasteiger partial charge in [0.25, 0.3) is 0 Å². The summed E-state index contributed by atoms with van der Waals surface area (Å²) in [6, 6.07) is 0.318. The zero-order valence-corrected chi connectivity index (χ0v) is 12.0. The van der Waals surface area contributed by atoms with Gasteiger partial charge in [0.15, 0.2) is 11.6 Å². The lowest BCUT2D eigenvalue weighted by Gasteiger charge is -2.29. The highest BCUT2D eigenvalue weighted by molar-refractivity contribution is 5.64. The molecule has 0 saturated carbocycles. The summed E-state index contributed by atoms with van der Waals surface area (Å²) in [5.74, 6) is 2.22. The molecule has 19 heavy (non-hydrogen) atoms. The molecule has 0 spiro atoms. The van der Waals surface area contributed by atoms with E-state index in [1.54, 1.807) is 13.4 Å². The number of rotatable bonds is 5. The van der Waals surface area contributed by atoms with Crippen LogP contribution in [0.2, 0.25) is 0 Å².